The Bertz CT molecular complexity index is 619. The van der Waals surface area contributed by atoms with Gasteiger partial charge in [0.2, 0.25) is 5.91 Å². The molecule has 0 aliphatic carbocycles. The number of likely N-dealkylation sites (tertiary alicyclic amines) is 1. The van der Waals surface area contributed by atoms with Crippen molar-refractivity contribution in [1.82, 2.24) is 9.88 Å². The lowest BCUT2D eigenvalue weighted by Crippen LogP contribution is -2.38. The summed E-state index contributed by atoms with van der Waals surface area (Å²) in [5.41, 5.74) is 1.11. The minimum Gasteiger partial charge on any atom is -0.342 e. The number of aryl methyl sites for hydroxylation is 1. The molecule has 1 aliphatic rings. The number of rotatable bonds is 4. The Morgan fingerprint density at radius 1 is 1.32 bits per heavy atom. The Hall–Kier alpha value is -1.33. The summed E-state index contributed by atoms with van der Waals surface area (Å²) in [6.45, 7) is 3.76. The molecule has 1 aromatic carbocycles. The van der Waals surface area contributed by atoms with Crippen LogP contribution in [-0.4, -0.2) is 34.6 Å². The largest absolute Gasteiger partial charge is 0.342 e. The second-order valence-electron chi connectivity index (χ2n) is 5.58. The number of thiazole rings is 1. The third-order valence-corrected chi connectivity index (χ3v) is 6.06. The number of aromatic nitrogens is 1. The standard InChI is InChI=1S/C17H20N2OS2/c1-13-11-22-17(18-13)14-7-9-19(10-8-14)16(20)12-21-15-5-3-2-4-6-15/h2-6,11,14H,7-10,12H2,1H3. The summed E-state index contributed by atoms with van der Waals surface area (Å²) in [6, 6.07) is 10.1. The van der Waals surface area contributed by atoms with Crippen molar-refractivity contribution in [2.24, 2.45) is 0 Å². The number of amides is 1. The topological polar surface area (TPSA) is 33.2 Å². The second kappa shape index (κ2) is 7.29. The fourth-order valence-corrected chi connectivity index (χ4v) is 4.48. The molecule has 0 bridgehead atoms. The summed E-state index contributed by atoms with van der Waals surface area (Å²) in [7, 11) is 0. The normalized spacial score (nSPS) is 16.0. The van der Waals surface area contributed by atoms with E-state index in [9.17, 15) is 4.79 Å². The highest BCUT2D eigenvalue weighted by Gasteiger charge is 2.25. The number of benzene rings is 1. The molecule has 2 aromatic rings. The van der Waals surface area contributed by atoms with E-state index in [0.717, 1.165) is 36.5 Å². The van der Waals surface area contributed by atoms with Gasteiger partial charge in [0, 0.05) is 35.0 Å². The van der Waals surface area contributed by atoms with Crippen molar-refractivity contribution in [3.63, 3.8) is 0 Å². The molecule has 0 atom stereocenters. The zero-order valence-corrected chi connectivity index (χ0v) is 14.3. The van der Waals surface area contributed by atoms with Crippen LogP contribution in [0.2, 0.25) is 0 Å². The quantitative estimate of drug-likeness (QED) is 0.795. The van der Waals surface area contributed by atoms with Crippen molar-refractivity contribution < 1.29 is 4.79 Å². The number of hydrogen-bond acceptors (Lipinski definition) is 4. The lowest BCUT2D eigenvalue weighted by Gasteiger charge is -2.31. The number of nitrogens with zero attached hydrogens (tertiary/aromatic N) is 2. The van der Waals surface area contributed by atoms with E-state index in [1.54, 1.807) is 23.1 Å². The third kappa shape index (κ3) is 3.90. The van der Waals surface area contributed by atoms with Crippen LogP contribution in [0.1, 0.15) is 29.5 Å². The van der Waals surface area contributed by atoms with E-state index in [1.165, 1.54) is 5.01 Å². The van der Waals surface area contributed by atoms with E-state index >= 15 is 0 Å². The van der Waals surface area contributed by atoms with Gasteiger partial charge in [-0.3, -0.25) is 4.79 Å². The fourth-order valence-electron chi connectivity index (χ4n) is 2.69. The molecule has 116 valence electrons. The molecule has 1 aromatic heterocycles. The number of piperidine rings is 1. The molecule has 3 nitrogen and oxygen atoms in total. The highest BCUT2D eigenvalue weighted by Crippen LogP contribution is 2.30. The zero-order chi connectivity index (χ0) is 15.4. The van der Waals surface area contributed by atoms with E-state index in [0.29, 0.717) is 11.7 Å². The first-order valence-corrected chi connectivity index (χ1v) is 9.46. The smallest absolute Gasteiger partial charge is 0.232 e. The maximum Gasteiger partial charge on any atom is 0.232 e. The first-order valence-electron chi connectivity index (χ1n) is 7.60. The van der Waals surface area contributed by atoms with Crippen LogP contribution in [-0.2, 0) is 4.79 Å². The van der Waals surface area contributed by atoms with E-state index < -0.39 is 0 Å². The lowest BCUT2D eigenvalue weighted by molar-refractivity contribution is -0.129. The monoisotopic (exact) mass is 332 g/mol. The van der Waals surface area contributed by atoms with Gasteiger partial charge in [0.05, 0.1) is 10.8 Å². The summed E-state index contributed by atoms with van der Waals surface area (Å²) >= 11 is 3.38. The van der Waals surface area contributed by atoms with Crippen molar-refractivity contribution >= 4 is 29.0 Å². The predicted octanol–water partition coefficient (Wildman–Crippen LogP) is 3.95. The van der Waals surface area contributed by atoms with Crippen LogP contribution >= 0.6 is 23.1 Å². The van der Waals surface area contributed by atoms with Gasteiger partial charge < -0.3 is 4.90 Å². The van der Waals surface area contributed by atoms with Gasteiger partial charge in [-0.2, -0.15) is 0 Å². The van der Waals surface area contributed by atoms with Crippen LogP contribution in [0.5, 0.6) is 0 Å². The highest BCUT2D eigenvalue weighted by molar-refractivity contribution is 8.00. The van der Waals surface area contributed by atoms with Crippen molar-refractivity contribution in [3.05, 3.63) is 46.4 Å². The molecule has 0 unspecified atom stereocenters. The molecule has 1 amide bonds. The van der Waals surface area contributed by atoms with Gasteiger partial charge in [0.1, 0.15) is 0 Å². The molecule has 2 heterocycles. The van der Waals surface area contributed by atoms with E-state index in [1.807, 2.05) is 30.0 Å². The van der Waals surface area contributed by atoms with Crippen LogP contribution < -0.4 is 0 Å². The molecule has 1 aliphatic heterocycles. The van der Waals surface area contributed by atoms with Crippen molar-refractivity contribution in [2.75, 3.05) is 18.8 Å². The second-order valence-corrected chi connectivity index (χ2v) is 7.52. The van der Waals surface area contributed by atoms with Gasteiger partial charge in [0.15, 0.2) is 0 Å². The van der Waals surface area contributed by atoms with Gasteiger partial charge in [-0.15, -0.1) is 23.1 Å². The average Bonchev–Trinajstić information content (AvgIpc) is 3.00. The first-order chi connectivity index (χ1) is 10.7. The van der Waals surface area contributed by atoms with Crippen LogP contribution in [0.25, 0.3) is 0 Å². The Balaban J connectivity index is 1.47. The third-order valence-electron chi connectivity index (χ3n) is 3.94. The molecule has 0 radical (unpaired) electrons. The number of thioether (sulfide) groups is 1. The lowest BCUT2D eigenvalue weighted by atomic mass is 9.97. The van der Waals surface area contributed by atoms with Gasteiger partial charge in [-0.25, -0.2) is 4.98 Å². The van der Waals surface area contributed by atoms with Crippen LogP contribution in [0.3, 0.4) is 0 Å². The maximum atomic E-state index is 12.3. The number of hydrogen-bond donors (Lipinski definition) is 0. The van der Waals surface area contributed by atoms with Crippen molar-refractivity contribution in [1.29, 1.82) is 0 Å². The van der Waals surface area contributed by atoms with Crippen molar-refractivity contribution in [2.45, 2.75) is 30.6 Å². The fraction of sp³-hybridized carbons (Fsp3) is 0.412. The van der Waals surface area contributed by atoms with Crippen molar-refractivity contribution in [3.8, 4) is 0 Å². The Morgan fingerprint density at radius 3 is 2.68 bits per heavy atom. The molecular formula is C17H20N2OS2. The van der Waals surface area contributed by atoms with Gasteiger partial charge in [0.25, 0.3) is 0 Å². The molecule has 22 heavy (non-hydrogen) atoms. The summed E-state index contributed by atoms with van der Waals surface area (Å²) < 4.78 is 0. The summed E-state index contributed by atoms with van der Waals surface area (Å²) in [5, 5.41) is 3.35. The van der Waals surface area contributed by atoms with Gasteiger partial charge in [-0.1, -0.05) is 18.2 Å². The predicted molar refractivity (Wildman–Crippen MR) is 92.6 cm³/mol. The molecule has 0 saturated carbocycles. The molecule has 3 rings (SSSR count). The summed E-state index contributed by atoms with van der Waals surface area (Å²) in [5.74, 6) is 1.32. The molecule has 0 N–H and O–H groups in total. The zero-order valence-electron chi connectivity index (χ0n) is 12.7. The minimum atomic E-state index is 0.252. The molecule has 1 saturated heterocycles. The molecular weight excluding hydrogens is 312 g/mol. The molecule has 0 spiro atoms. The summed E-state index contributed by atoms with van der Waals surface area (Å²) in [6.07, 6.45) is 2.07. The van der Waals surface area contributed by atoms with E-state index in [-0.39, 0.29) is 5.91 Å². The SMILES string of the molecule is Cc1csc(C2CCN(C(=O)CSc3ccccc3)CC2)n1. The number of carbonyl (C=O) groups excluding carboxylic acids is 1. The molecule has 5 heteroatoms. The van der Waals surface area contributed by atoms with Gasteiger partial charge in [-0.05, 0) is 31.9 Å². The van der Waals surface area contributed by atoms with Crippen LogP contribution in [0.15, 0.2) is 40.6 Å². The molecule has 1 fully saturated rings. The summed E-state index contributed by atoms with van der Waals surface area (Å²) in [4.78, 5) is 20.1. The van der Waals surface area contributed by atoms with E-state index in [4.69, 9.17) is 0 Å². The van der Waals surface area contributed by atoms with Crippen LogP contribution in [0, 0.1) is 6.92 Å². The van der Waals surface area contributed by atoms with Crippen LogP contribution in [0.4, 0.5) is 0 Å². The van der Waals surface area contributed by atoms with E-state index in [2.05, 4.69) is 22.5 Å². The Labute approximate surface area is 139 Å². The Morgan fingerprint density at radius 2 is 2.05 bits per heavy atom. The van der Waals surface area contributed by atoms with Gasteiger partial charge >= 0.3 is 0 Å². The highest BCUT2D eigenvalue weighted by atomic mass is 32.2. The maximum absolute atomic E-state index is 12.3. The Kier molecular flexibility index (Phi) is 5.16. The minimum absolute atomic E-state index is 0.252. The first kappa shape index (κ1) is 15.6. The average molecular weight is 332 g/mol. The number of carbonyl (C=O) groups is 1.